The number of carbonyl (C=O) groups is 2. The summed E-state index contributed by atoms with van der Waals surface area (Å²) < 4.78 is 52.4. The Labute approximate surface area is 179 Å². The lowest BCUT2D eigenvalue weighted by Gasteiger charge is -2.24. The summed E-state index contributed by atoms with van der Waals surface area (Å²) in [5.74, 6) is -4.70. The zero-order valence-corrected chi connectivity index (χ0v) is 16.9. The smallest absolute Gasteiger partial charge is 0.249 e. The molecule has 0 saturated carbocycles. The zero-order chi connectivity index (χ0) is 23.0. The predicted molar refractivity (Wildman–Crippen MR) is 108 cm³/mol. The maximum Gasteiger partial charge on any atom is 0.249 e. The Morgan fingerprint density at radius 2 is 1.88 bits per heavy atom. The van der Waals surface area contributed by atoms with E-state index >= 15 is 0 Å². The summed E-state index contributed by atoms with van der Waals surface area (Å²) in [6.45, 7) is 0. The molecule has 0 fully saturated rings. The van der Waals surface area contributed by atoms with Crippen molar-refractivity contribution in [2.75, 3.05) is 24.9 Å². The van der Waals surface area contributed by atoms with E-state index in [9.17, 15) is 22.8 Å². The number of benzene rings is 2. The lowest BCUT2D eigenvalue weighted by Crippen LogP contribution is -2.36. The van der Waals surface area contributed by atoms with Gasteiger partial charge in [-0.15, -0.1) is 0 Å². The number of methoxy groups -OCH3 is 2. The average Bonchev–Trinajstić information content (AvgIpc) is 3.21. The summed E-state index contributed by atoms with van der Waals surface area (Å²) in [5, 5.41) is 9.07. The Bertz CT molecular complexity index is 1230. The van der Waals surface area contributed by atoms with Crippen molar-refractivity contribution < 1.29 is 32.2 Å². The van der Waals surface area contributed by atoms with Crippen molar-refractivity contribution in [3.8, 4) is 22.6 Å². The van der Waals surface area contributed by atoms with Crippen LogP contribution in [0.4, 0.5) is 24.7 Å². The van der Waals surface area contributed by atoms with Gasteiger partial charge in [-0.05, 0) is 29.8 Å². The standard InChI is InChI=1S/C21H17F3N4O4/c1-31-15-6-3-10(7-16(15)32-2)11-9-25-28-14(8-17(29)27-20(11)28)21(30)26-13-5-4-12(22)18(23)19(13)24/h3-7,9,14H,8H2,1-2H3,(H,26,30)(H,27,29). The molecule has 0 bridgehead atoms. The van der Waals surface area contributed by atoms with Gasteiger partial charge in [0.25, 0.3) is 0 Å². The van der Waals surface area contributed by atoms with E-state index in [-0.39, 0.29) is 12.2 Å². The van der Waals surface area contributed by atoms with Crippen LogP contribution in [0.5, 0.6) is 11.5 Å². The number of aromatic nitrogens is 2. The molecule has 2 N–H and O–H groups in total. The highest BCUT2D eigenvalue weighted by molar-refractivity contribution is 6.03. The first-order valence-corrected chi connectivity index (χ1v) is 9.38. The van der Waals surface area contributed by atoms with Crippen LogP contribution < -0.4 is 20.1 Å². The van der Waals surface area contributed by atoms with Crippen molar-refractivity contribution in [2.24, 2.45) is 0 Å². The van der Waals surface area contributed by atoms with Crippen LogP contribution in [-0.2, 0) is 9.59 Å². The molecule has 2 aromatic carbocycles. The molecule has 0 aliphatic carbocycles. The molecule has 1 aliphatic heterocycles. The van der Waals surface area contributed by atoms with Gasteiger partial charge >= 0.3 is 0 Å². The number of rotatable bonds is 5. The fourth-order valence-electron chi connectivity index (χ4n) is 3.43. The van der Waals surface area contributed by atoms with Crippen LogP contribution in [0.25, 0.3) is 11.1 Å². The van der Waals surface area contributed by atoms with Crippen LogP contribution in [-0.4, -0.2) is 35.8 Å². The van der Waals surface area contributed by atoms with Crippen LogP contribution in [0.2, 0.25) is 0 Å². The van der Waals surface area contributed by atoms with Crippen LogP contribution in [0.1, 0.15) is 12.5 Å². The molecule has 4 rings (SSSR count). The van der Waals surface area contributed by atoms with Gasteiger partial charge in [0.15, 0.2) is 29.0 Å². The molecule has 1 unspecified atom stereocenters. The van der Waals surface area contributed by atoms with E-state index in [4.69, 9.17) is 9.47 Å². The summed E-state index contributed by atoms with van der Waals surface area (Å²) in [4.78, 5) is 25.1. The number of amides is 2. The Morgan fingerprint density at radius 1 is 1.12 bits per heavy atom. The zero-order valence-electron chi connectivity index (χ0n) is 16.9. The van der Waals surface area contributed by atoms with Crippen LogP contribution in [0, 0.1) is 17.5 Å². The maximum absolute atomic E-state index is 14.0. The molecule has 166 valence electrons. The van der Waals surface area contributed by atoms with E-state index in [2.05, 4.69) is 15.7 Å². The molecule has 1 aliphatic rings. The van der Waals surface area contributed by atoms with Gasteiger partial charge in [-0.1, -0.05) is 6.07 Å². The van der Waals surface area contributed by atoms with Crippen molar-refractivity contribution in [1.82, 2.24) is 9.78 Å². The van der Waals surface area contributed by atoms with Gasteiger partial charge in [0.05, 0.1) is 32.5 Å². The highest BCUT2D eigenvalue weighted by atomic mass is 19.2. The molecule has 8 nitrogen and oxygen atoms in total. The van der Waals surface area contributed by atoms with Crippen molar-refractivity contribution in [2.45, 2.75) is 12.5 Å². The number of hydrogen-bond donors (Lipinski definition) is 2. The molecule has 3 aromatic rings. The van der Waals surface area contributed by atoms with Gasteiger partial charge in [0.1, 0.15) is 11.9 Å². The topological polar surface area (TPSA) is 94.5 Å². The lowest BCUT2D eigenvalue weighted by molar-refractivity contribution is -0.125. The molecule has 1 atom stereocenters. The number of carbonyl (C=O) groups excluding carboxylic acids is 2. The van der Waals surface area contributed by atoms with E-state index in [0.717, 1.165) is 6.07 Å². The van der Waals surface area contributed by atoms with E-state index in [1.165, 1.54) is 25.1 Å². The van der Waals surface area contributed by atoms with E-state index < -0.39 is 41.0 Å². The third-order valence-corrected chi connectivity index (χ3v) is 5.02. The van der Waals surface area contributed by atoms with Gasteiger partial charge in [0, 0.05) is 5.56 Å². The molecule has 0 spiro atoms. The first kappa shape index (κ1) is 21.2. The Balaban J connectivity index is 1.68. The van der Waals surface area contributed by atoms with Gasteiger partial charge in [-0.25, -0.2) is 17.9 Å². The van der Waals surface area contributed by atoms with Gasteiger partial charge in [0.2, 0.25) is 11.8 Å². The number of fused-ring (bicyclic) bond motifs is 1. The van der Waals surface area contributed by atoms with Crippen molar-refractivity contribution in [3.63, 3.8) is 0 Å². The number of halogens is 3. The lowest BCUT2D eigenvalue weighted by atomic mass is 10.1. The SMILES string of the molecule is COc1ccc(-c2cnn3c2NC(=O)CC3C(=O)Nc2ccc(F)c(F)c2F)cc1OC. The summed E-state index contributed by atoms with van der Waals surface area (Å²) in [6, 6.07) is 5.54. The molecular weight excluding hydrogens is 429 g/mol. The van der Waals surface area contributed by atoms with Crippen molar-refractivity contribution >= 4 is 23.3 Å². The minimum absolute atomic E-state index is 0.249. The van der Waals surface area contributed by atoms with E-state index in [1.807, 2.05) is 0 Å². The highest BCUT2D eigenvalue weighted by Gasteiger charge is 2.34. The molecule has 2 heterocycles. The number of anilines is 2. The summed E-state index contributed by atoms with van der Waals surface area (Å²) in [6.07, 6.45) is 1.18. The molecule has 2 amide bonds. The van der Waals surface area contributed by atoms with Gasteiger partial charge in [-0.2, -0.15) is 5.10 Å². The minimum Gasteiger partial charge on any atom is -0.493 e. The second kappa shape index (κ2) is 8.25. The van der Waals surface area contributed by atoms with Gasteiger partial charge < -0.3 is 20.1 Å². The second-order valence-corrected chi connectivity index (χ2v) is 6.90. The fraction of sp³-hybridized carbons (Fsp3) is 0.190. The maximum atomic E-state index is 14.0. The minimum atomic E-state index is -1.71. The largest absolute Gasteiger partial charge is 0.493 e. The Morgan fingerprint density at radius 3 is 2.59 bits per heavy atom. The molecule has 32 heavy (non-hydrogen) atoms. The normalized spacial score (nSPS) is 15.0. The van der Waals surface area contributed by atoms with Crippen LogP contribution in [0.15, 0.2) is 36.5 Å². The predicted octanol–water partition coefficient (Wildman–Crippen LogP) is 3.51. The number of hydrogen-bond acceptors (Lipinski definition) is 5. The molecule has 1 aromatic heterocycles. The molecular formula is C21H17F3N4O4. The number of ether oxygens (including phenoxy) is 2. The molecule has 0 saturated heterocycles. The first-order valence-electron chi connectivity index (χ1n) is 9.38. The third kappa shape index (κ3) is 3.61. The average molecular weight is 446 g/mol. The van der Waals surface area contributed by atoms with E-state index in [0.29, 0.717) is 28.7 Å². The monoisotopic (exact) mass is 446 g/mol. The van der Waals surface area contributed by atoms with Crippen LogP contribution >= 0.6 is 0 Å². The quantitative estimate of drug-likeness (QED) is 0.585. The van der Waals surface area contributed by atoms with Crippen LogP contribution in [0.3, 0.4) is 0 Å². The Hall–Kier alpha value is -4.02. The number of nitrogens with one attached hydrogen (secondary N) is 2. The number of nitrogens with zero attached hydrogens (tertiary/aromatic N) is 2. The third-order valence-electron chi connectivity index (χ3n) is 5.02. The Kier molecular flexibility index (Phi) is 5.47. The summed E-state index contributed by atoms with van der Waals surface area (Å²) in [7, 11) is 2.98. The summed E-state index contributed by atoms with van der Waals surface area (Å²) >= 11 is 0. The molecule has 0 radical (unpaired) electrons. The van der Waals surface area contributed by atoms with E-state index in [1.54, 1.807) is 18.2 Å². The van der Waals surface area contributed by atoms with Crippen molar-refractivity contribution in [3.05, 3.63) is 54.0 Å². The summed E-state index contributed by atoms with van der Waals surface area (Å²) in [5.41, 5.74) is 0.599. The van der Waals surface area contributed by atoms with Crippen molar-refractivity contribution in [1.29, 1.82) is 0 Å². The highest BCUT2D eigenvalue weighted by Crippen LogP contribution is 2.38. The van der Waals surface area contributed by atoms with Gasteiger partial charge in [-0.3, -0.25) is 9.59 Å². The first-order chi connectivity index (χ1) is 15.3. The molecule has 11 heteroatoms. The fourth-order valence-corrected chi connectivity index (χ4v) is 3.43. The second-order valence-electron chi connectivity index (χ2n) is 6.90.